The van der Waals surface area contributed by atoms with Gasteiger partial charge in [-0.2, -0.15) is 5.10 Å². The van der Waals surface area contributed by atoms with Crippen LogP contribution in [0.5, 0.6) is 5.75 Å². The van der Waals surface area contributed by atoms with E-state index in [1.807, 2.05) is 62.1 Å². The van der Waals surface area contributed by atoms with Crippen molar-refractivity contribution in [1.82, 2.24) is 14.7 Å². The van der Waals surface area contributed by atoms with E-state index in [9.17, 15) is 4.79 Å². The Balaban J connectivity index is 1.75. The zero-order valence-corrected chi connectivity index (χ0v) is 17.1. The van der Waals surface area contributed by atoms with Crippen LogP contribution >= 0.6 is 0 Å². The molecule has 1 saturated heterocycles. The fourth-order valence-electron chi connectivity index (χ4n) is 3.65. The summed E-state index contributed by atoms with van der Waals surface area (Å²) in [4.78, 5) is 15.2. The van der Waals surface area contributed by atoms with Gasteiger partial charge in [-0.05, 0) is 57.2 Å². The van der Waals surface area contributed by atoms with E-state index in [1.165, 1.54) is 0 Å². The molecule has 3 aromatic rings. The molecule has 0 saturated carbocycles. The van der Waals surface area contributed by atoms with E-state index >= 15 is 0 Å². The average molecular weight is 395 g/mol. The number of hydrogen-bond acceptors (Lipinski definition) is 5. The number of nitrogens with zero attached hydrogens (tertiary/aromatic N) is 3. The lowest BCUT2D eigenvalue weighted by Gasteiger charge is -2.35. The highest BCUT2D eigenvalue weighted by Crippen LogP contribution is 2.26. The van der Waals surface area contributed by atoms with Crippen molar-refractivity contribution in [3.05, 3.63) is 53.9 Å². The molecule has 1 aromatic carbocycles. The van der Waals surface area contributed by atoms with Gasteiger partial charge in [-0.25, -0.2) is 4.68 Å². The van der Waals surface area contributed by atoms with Gasteiger partial charge in [0.2, 0.25) is 0 Å². The fraction of sp³-hybridized carbons (Fsp3) is 0.364. The van der Waals surface area contributed by atoms with E-state index in [4.69, 9.17) is 13.9 Å². The average Bonchev–Trinajstić information content (AvgIpc) is 3.33. The molecule has 3 heterocycles. The van der Waals surface area contributed by atoms with Crippen molar-refractivity contribution in [2.24, 2.45) is 0 Å². The Hall–Kier alpha value is -3.06. The molecule has 7 heteroatoms. The van der Waals surface area contributed by atoms with Crippen molar-refractivity contribution in [3.63, 3.8) is 0 Å². The molecule has 0 aliphatic carbocycles. The van der Waals surface area contributed by atoms with E-state index in [1.54, 1.807) is 17.9 Å². The van der Waals surface area contributed by atoms with Crippen LogP contribution in [-0.4, -0.2) is 53.0 Å². The maximum absolute atomic E-state index is 13.4. The molecule has 0 spiro atoms. The first-order valence-electron chi connectivity index (χ1n) is 9.70. The first-order valence-corrected chi connectivity index (χ1v) is 9.70. The summed E-state index contributed by atoms with van der Waals surface area (Å²) in [6.07, 6.45) is -0.0143. The van der Waals surface area contributed by atoms with Gasteiger partial charge < -0.3 is 18.8 Å². The van der Waals surface area contributed by atoms with Gasteiger partial charge in [-0.3, -0.25) is 4.79 Å². The predicted octanol–water partition coefficient (Wildman–Crippen LogP) is 3.70. The Morgan fingerprint density at radius 3 is 2.38 bits per heavy atom. The molecule has 0 bridgehead atoms. The molecule has 1 aliphatic heterocycles. The van der Waals surface area contributed by atoms with Crippen molar-refractivity contribution in [2.45, 2.75) is 33.0 Å². The summed E-state index contributed by atoms with van der Waals surface area (Å²) in [7, 11) is 1.62. The van der Waals surface area contributed by atoms with Crippen molar-refractivity contribution in [2.75, 3.05) is 20.2 Å². The number of rotatable bonds is 4. The van der Waals surface area contributed by atoms with Crippen LogP contribution in [-0.2, 0) is 4.74 Å². The number of ether oxygens (including phenoxy) is 2. The number of morpholine rings is 1. The molecule has 152 valence electrons. The molecule has 0 N–H and O–H groups in total. The Morgan fingerprint density at radius 2 is 1.79 bits per heavy atom. The predicted molar refractivity (Wildman–Crippen MR) is 108 cm³/mol. The van der Waals surface area contributed by atoms with E-state index in [-0.39, 0.29) is 18.1 Å². The lowest BCUT2D eigenvalue weighted by Crippen LogP contribution is -2.48. The van der Waals surface area contributed by atoms with E-state index in [0.717, 1.165) is 17.2 Å². The molecule has 2 atom stereocenters. The van der Waals surface area contributed by atoms with Crippen LogP contribution in [0.1, 0.15) is 30.1 Å². The monoisotopic (exact) mass is 395 g/mol. The maximum atomic E-state index is 13.4. The largest absolute Gasteiger partial charge is 0.497 e. The molecule has 1 aliphatic rings. The third-order valence-corrected chi connectivity index (χ3v) is 4.95. The highest BCUT2D eigenvalue weighted by Gasteiger charge is 2.29. The number of benzene rings is 1. The second-order valence-electron chi connectivity index (χ2n) is 7.40. The molecule has 7 nitrogen and oxygen atoms in total. The van der Waals surface area contributed by atoms with Gasteiger partial charge in [0.05, 0.1) is 25.0 Å². The molecule has 1 amide bonds. The number of furan rings is 1. The van der Waals surface area contributed by atoms with Crippen molar-refractivity contribution in [1.29, 1.82) is 0 Å². The molecule has 4 rings (SSSR count). The van der Waals surface area contributed by atoms with Gasteiger partial charge >= 0.3 is 0 Å². The second-order valence-corrected chi connectivity index (χ2v) is 7.40. The summed E-state index contributed by atoms with van der Waals surface area (Å²) in [5, 5.41) is 4.68. The fourth-order valence-corrected chi connectivity index (χ4v) is 3.65. The highest BCUT2D eigenvalue weighted by molar-refractivity contribution is 5.94. The number of methoxy groups -OCH3 is 1. The van der Waals surface area contributed by atoms with Crippen LogP contribution in [0.2, 0.25) is 0 Å². The quantitative estimate of drug-likeness (QED) is 0.674. The first-order chi connectivity index (χ1) is 13.9. The van der Waals surface area contributed by atoms with Crippen molar-refractivity contribution in [3.8, 4) is 22.9 Å². The second kappa shape index (κ2) is 7.75. The lowest BCUT2D eigenvalue weighted by atomic mass is 10.2. The minimum atomic E-state index is -0.0788. The van der Waals surface area contributed by atoms with Crippen LogP contribution in [0.15, 0.2) is 46.9 Å². The van der Waals surface area contributed by atoms with Gasteiger partial charge in [0.25, 0.3) is 5.91 Å². The van der Waals surface area contributed by atoms with E-state index in [0.29, 0.717) is 30.2 Å². The number of carbonyl (C=O) groups excluding carboxylic acids is 1. The summed E-state index contributed by atoms with van der Waals surface area (Å²) >= 11 is 0. The molecule has 0 radical (unpaired) electrons. The topological polar surface area (TPSA) is 69.7 Å². The molecule has 0 unspecified atom stereocenters. The Morgan fingerprint density at radius 1 is 1.10 bits per heavy atom. The van der Waals surface area contributed by atoms with Gasteiger partial charge in [0, 0.05) is 19.2 Å². The van der Waals surface area contributed by atoms with Crippen LogP contribution in [0.4, 0.5) is 0 Å². The number of amides is 1. The van der Waals surface area contributed by atoms with E-state index < -0.39 is 0 Å². The lowest BCUT2D eigenvalue weighted by molar-refractivity contribution is -0.0588. The third kappa shape index (κ3) is 3.91. The van der Waals surface area contributed by atoms with Crippen LogP contribution < -0.4 is 4.74 Å². The van der Waals surface area contributed by atoms with Crippen molar-refractivity contribution >= 4 is 5.91 Å². The summed E-state index contributed by atoms with van der Waals surface area (Å²) in [5.41, 5.74) is 1.88. The normalized spacial score (nSPS) is 19.4. The standard InChI is InChI=1S/C22H25N3O4/c1-14-5-10-21(29-14)19-11-20(22(26)24-12-15(2)28-16(3)13-24)25(23-19)17-6-8-18(27-4)9-7-17/h5-11,15-16H,12-13H2,1-4H3/t15-,16-/m0/s1. The summed E-state index contributed by atoms with van der Waals surface area (Å²) in [5.74, 6) is 2.09. The molecule has 29 heavy (non-hydrogen) atoms. The Labute approximate surface area is 169 Å². The van der Waals surface area contributed by atoms with Crippen LogP contribution in [0.25, 0.3) is 17.1 Å². The number of hydrogen-bond donors (Lipinski definition) is 0. The van der Waals surface area contributed by atoms with Gasteiger partial charge in [0.15, 0.2) is 5.76 Å². The summed E-state index contributed by atoms with van der Waals surface area (Å²) in [6, 6.07) is 13.0. The third-order valence-electron chi connectivity index (χ3n) is 4.95. The number of aromatic nitrogens is 2. The van der Waals surface area contributed by atoms with E-state index in [2.05, 4.69) is 5.10 Å². The minimum Gasteiger partial charge on any atom is -0.497 e. The van der Waals surface area contributed by atoms with Crippen LogP contribution in [0, 0.1) is 6.92 Å². The SMILES string of the molecule is COc1ccc(-n2nc(-c3ccc(C)o3)cc2C(=O)N2C[C@H](C)O[C@@H](C)C2)cc1. The zero-order valence-electron chi connectivity index (χ0n) is 17.1. The molecular weight excluding hydrogens is 370 g/mol. The molecule has 2 aromatic heterocycles. The van der Waals surface area contributed by atoms with Gasteiger partial charge in [-0.15, -0.1) is 0 Å². The van der Waals surface area contributed by atoms with Gasteiger partial charge in [-0.1, -0.05) is 0 Å². The molecule has 1 fully saturated rings. The van der Waals surface area contributed by atoms with Gasteiger partial charge in [0.1, 0.15) is 22.9 Å². The highest BCUT2D eigenvalue weighted by atomic mass is 16.5. The minimum absolute atomic E-state index is 0.00717. The Bertz CT molecular complexity index is 995. The first kappa shape index (κ1) is 19.3. The molecular formula is C22H25N3O4. The zero-order chi connectivity index (χ0) is 20.5. The van der Waals surface area contributed by atoms with Crippen molar-refractivity contribution < 1.29 is 18.7 Å². The summed E-state index contributed by atoms with van der Waals surface area (Å²) in [6.45, 7) is 6.94. The Kier molecular flexibility index (Phi) is 5.15. The number of aryl methyl sites for hydroxylation is 1. The number of carbonyl (C=O) groups is 1. The van der Waals surface area contributed by atoms with Crippen LogP contribution in [0.3, 0.4) is 0 Å². The maximum Gasteiger partial charge on any atom is 0.272 e. The summed E-state index contributed by atoms with van der Waals surface area (Å²) < 4.78 is 18.4. The smallest absolute Gasteiger partial charge is 0.272 e.